The number of nitrogens with zero attached hydrogens (tertiary/aromatic N) is 1. The lowest BCUT2D eigenvalue weighted by Gasteiger charge is -2.31. The number of carboxylic acids is 1. The van der Waals surface area contributed by atoms with E-state index in [1.807, 2.05) is 13.8 Å². The lowest BCUT2D eigenvalue weighted by atomic mass is 9.83. The van der Waals surface area contributed by atoms with Crippen molar-refractivity contribution < 1.29 is 19.7 Å². The SMILES string of the molecule is CCC(C)C[C@H](N)[C@](O)(Cc1cc(OC2CCC(C)CC2)ccn1)C(=O)O. The van der Waals surface area contributed by atoms with Gasteiger partial charge in [0.2, 0.25) is 0 Å². The van der Waals surface area contributed by atoms with E-state index in [0.29, 0.717) is 17.9 Å². The molecule has 27 heavy (non-hydrogen) atoms. The molecule has 1 fully saturated rings. The molecule has 1 aromatic heterocycles. The molecule has 1 aliphatic rings. The number of ether oxygens (including phenoxy) is 1. The minimum absolute atomic E-state index is 0.140. The van der Waals surface area contributed by atoms with Gasteiger partial charge >= 0.3 is 5.97 Å². The van der Waals surface area contributed by atoms with Crippen molar-refractivity contribution in [2.24, 2.45) is 17.6 Å². The van der Waals surface area contributed by atoms with Gasteiger partial charge in [0.25, 0.3) is 0 Å². The molecule has 1 unspecified atom stereocenters. The zero-order valence-electron chi connectivity index (χ0n) is 16.7. The fourth-order valence-electron chi connectivity index (χ4n) is 3.60. The molecular formula is C21H34N2O4. The lowest BCUT2D eigenvalue weighted by molar-refractivity contribution is -0.161. The van der Waals surface area contributed by atoms with E-state index in [-0.39, 0.29) is 18.4 Å². The van der Waals surface area contributed by atoms with Crippen LogP contribution in [0.1, 0.15) is 65.0 Å². The Bertz CT molecular complexity index is 616. The fraction of sp³-hybridized carbons (Fsp3) is 0.714. The van der Waals surface area contributed by atoms with Crippen molar-refractivity contribution in [3.8, 4) is 5.75 Å². The van der Waals surface area contributed by atoms with Crippen LogP contribution in [0.4, 0.5) is 0 Å². The first-order valence-corrected chi connectivity index (χ1v) is 10.1. The highest BCUT2D eigenvalue weighted by atomic mass is 16.5. The van der Waals surface area contributed by atoms with Gasteiger partial charge in [0, 0.05) is 30.4 Å². The largest absolute Gasteiger partial charge is 0.490 e. The molecule has 0 aliphatic heterocycles. The molecule has 6 nitrogen and oxygen atoms in total. The maximum atomic E-state index is 11.8. The second-order valence-corrected chi connectivity index (χ2v) is 8.24. The molecule has 0 amide bonds. The minimum Gasteiger partial charge on any atom is -0.490 e. The Hall–Kier alpha value is -1.66. The van der Waals surface area contributed by atoms with Crippen molar-refractivity contribution in [1.82, 2.24) is 4.98 Å². The third-order valence-electron chi connectivity index (χ3n) is 5.84. The molecule has 0 saturated heterocycles. The zero-order chi connectivity index (χ0) is 20.0. The van der Waals surface area contributed by atoms with E-state index in [0.717, 1.165) is 38.0 Å². The zero-order valence-corrected chi connectivity index (χ0v) is 16.7. The van der Waals surface area contributed by atoms with E-state index < -0.39 is 17.6 Å². The van der Waals surface area contributed by atoms with Gasteiger partial charge in [-0.15, -0.1) is 0 Å². The van der Waals surface area contributed by atoms with Crippen LogP contribution in [0.25, 0.3) is 0 Å². The van der Waals surface area contributed by atoms with Crippen molar-refractivity contribution in [3.05, 3.63) is 24.0 Å². The molecule has 2 rings (SSSR count). The number of hydrogen-bond acceptors (Lipinski definition) is 5. The number of carboxylic acid groups (broad SMARTS) is 1. The molecule has 3 atom stereocenters. The summed E-state index contributed by atoms with van der Waals surface area (Å²) in [6.45, 7) is 6.28. The number of aliphatic hydroxyl groups is 1. The Morgan fingerprint density at radius 2 is 2.07 bits per heavy atom. The van der Waals surface area contributed by atoms with Gasteiger partial charge in [-0.05, 0) is 50.0 Å². The van der Waals surface area contributed by atoms with Gasteiger partial charge in [-0.2, -0.15) is 0 Å². The standard InChI is InChI=1S/C21H34N2O4/c1-4-14(2)11-19(22)21(26,20(24)25)13-16-12-18(9-10-23-16)27-17-7-5-15(3)6-8-17/h9-10,12,14-15,17,19,26H,4-8,11,13,22H2,1-3H3,(H,24,25)/t14?,15?,17?,19-,21+/m0/s1. The fourth-order valence-corrected chi connectivity index (χ4v) is 3.60. The van der Waals surface area contributed by atoms with E-state index in [4.69, 9.17) is 10.5 Å². The quantitative estimate of drug-likeness (QED) is 0.609. The molecule has 6 heteroatoms. The second-order valence-electron chi connectivity index (χ2n) is 8.24. The number of aromatic nitrogens is 1. The van der Waals surface area contributed by atoms with E-state index in [1.165, 1.54) is 0 Å². The molecule has 1 heterocycles. The van der Waals surface area contributed by atoms with Crippen LogP contribution >= 0.6 is 0 Å². The first-order chi connectivity index (χ1) is 12.7. The molecular weight excluding hydrogens is 344 g/mol. The Morgan fingerprint density at radius 1 is 1.41 bits per heavy atom. The number of carbonyl (C=O) groups is 1. The summed E-state index contributed by atoms with van der Waals surface area (Å²) in [5.41, 5.74) is 4.52. The predicted molar refractivity (Wildman–Crippen MR) is 105 cm³/mol. The maximum Gasteiger partial charge on any atom is 0.337 e. The maximum absolute atomic E-state index is 11.8. The first-order valence-electron chi connectivity index (χ1n) is 10.1. The summed E-state index contributed by atoms with van der Waals surface area (Å²) in [7, 11) is 0. The molecule has 4 N–H and O–H groups in total. The van der Waals surface area contributed by atoms with E-state index >= 15 is 0 Å². The summed E-state index contributed by atoms with van der Waals surface area (Å²) in [4.78, 5) is 16.0. The third kappa shape index (κ3) is 5.91. The van der Waals surface area contributed by atoms with Crippen molar-refractivity contribution in [2.75, 3.05) is 0 Å². The summed E-state index contributed by atoms with van der Waals surface area (Å²) < 4.78 is 6.06. The average Bonchev–Trinajstić information content (AvgIpc) is 2.63. The van der Waals surface area contributed by atoms with Crippen LogP contribution in [0.2, 0.25) is 0 Å². The smallest absolute Gasteiger partial charge is 0.337 e. The van der Waals surface area contributed by atoms with Gasteiger partial charge < -0.3 is 20.7 Å². The Morgan fingerprint density at radius 3 is 2.67 bits per heavy atom. The number of rotatable bonds is 9. The minimum atomic E-state index is -2.05. The van der Waals surface area contributed by atoms with E-state index in [2.05, 4.69) is 11.9 Å². The number of aliphatic carboxylic acids is 1. The van der Waals surface area contributed by atoms with Crippen molar-refractivity contribution in [3.63, 3.8) is 0 Å². The lowest BCUT2D eigenvalue weighted by Crippen LogP contribution is -2.56. The van der Waals surface area contributed by atoms with Gasteiger partial charge in [0.15, 0.2) is 5.60 Å². The Balaban J connectivity index is 2.08. The number of hydrogen-bond donors (Lipinski definition) is 3. The van der Waals surface area contributed by atoms with Crippen LogP contribution in [0.15, 0.2) is 18.3 Å². The summed E-state index contributed by atoms with van der Waals surface area (Å²) in [5.74, 6) is 0.341. The molecule has 1 aliphatic carbocycles. The molecule has 0 spiro atoms. The molecule has 1 aromatic rings. The van der Waals surface area contributed by atoms with Gasteiger partial charge in [0.1, 0.15) is 5.75 Å². The number of nitrogens with two attached hydrogens (primary N) is 1. The molecule has 0 radical (unpaired) electrons. The van der Waals surface area contributed by atoms with Crippen molar-refractivity contribution in [1.29, 1.82) is 0 Å². The van der Waals surface area contributed by atoms with Gasteiger partial charge in [-0.3, -0.25) is 4.98 Å². The highest BCUT2D eigenvalue weighted by Gasteiger charge is 2.43. The van der Waals surface area contributed by atoms with Crippen LogP contribution in [0.3, 0.4) is 0 Å². The monoisotopic (exact) mass is 378 g/mol. The van der Waals surface area contributed by atoms with Crippen LogP contribution < -0.4 is 10.5 Å². The summed E-state index contributed by atoms with van der Waals surface area (Å²) in [6, 6.07) is 2.64. The van der Waals surface area contributed by atoms with Crippen LogP contribution in [-0.2, 0) is 11.2 Å². The summed E-state index contributed by atoms with van der Waals surface area (Å²) in [5, 5.41) is 20.4. The highest BCUT2D eigenvalue weighted by molar-refractivity contribution is 5.78. The summed E-state index contributed by atoms with van der Waals surface area (Å²) >= 11 is 0. The Kier molecular flexibility index (Phi) is 7.62. The molecule has 1 saturated carbocycles. The average molecular weight is 379 g/mol. The predicted octanol–water partition coefficient (Wildman–Crippen LogP) is 3.16. The molecule has 0 bridgehead atoms. The topological polar surface area (TPSA) is 106 Å². The van der Waals surface area contributed by atoms with E-state index in [1.54, 1.807) is 18.3 Å². The first kappa shape index (κ1) is 21.6. The van der Waals surface area contributed by atoms with Gasteiger partial charge in [-0.1, -0.05) is 27.2 Å². The highest BCUT2D eigenvalue weighted by Crippen LogP contribution is 2.28. The van der Waals surface area contributed by atoms with Crippen molar-refractivity contribution >= 4 is 5.97 Å². The molecule has 152 valence electrons. The van der Waals surface area contributed by atoms with Gasteiger partial charge in [0.05, 0.1) is 6.10 Å². The van der Waals surface area contributed by atoms with Crippen LogP contribution in [-0.4, -0.2) is 38.9 Å². The van der Waals surface area contributed by atoms with Crippen LogP contribution in [0, 0.1) is 11.8 Å². The van der Waals surface area contributed by atoms with Crippen molar-refractivity contribution in [2.45, 2.75) is 83.5 Å². The number of pyridine rings is 1. The Labute approximate surface area is 162 Å². The summed E-state index contributed by atoms with van der Waals surface area (Å²) in [6.07, 6.45) is 7.33. The van der Waals surface area contributed by atoms with Gasteiger partial charge in [-0.25, -0.2) is 4.79 Å². The normalized spacial score (nSPS) is 24.6. The van der Waals surface area contributed by atoms with E-state index in [9.17, 15) is 15.0 Å². The molecule has 0 aromatic carbocycles. The van der Waals surface area contributed by atoms with Crippen LogP contribution in [0.5, 0.6) is 5.75 Å². The second kappa shape index (κ2) is 9.51. The third-order valence-corrected chi connectivity index (χ3v) is 5.84.